The van der Waals surface area contributed by atoms with Crippen molar-refractivity contribution in [3.63, 3.8) is 0 Å². The van der Waals surface area contributed by atoms with Gasteiger partial charge in [-0.2, -0.15) is 0 Å². The maximum absolute atomic E-state index is 6.07. The van der Waals surface area contributed by atoms with Gasteiger partial charge in [-0.25, -0.2) is 0 Å². The Bertz CT molecular complexity index is 500. The molecule has 1 saturated heterocycles. The third-order valence-corrected chi connectivity index (χ3v) is 3.99. The summed E-state index contributed by atoms with van der Waals surface area (Å²) in [6.45, 7) is 4.96. The van der Waals surface area contributed by atoms with Crippen LogP contribution in [0.2, 0.25) is 0 Å². The Kier molecular flexibility index (Phi) is 3.19. The molecule has 4 nitrogen and oxygen atoms in total. The van der Waals surface area contributed by atoms with Crippen LogP contribution in [0.4, 0.5) is 5.69 Å². The molecule has 1 aromatic rings. The molecule has 0 aliphatic carbocycles. The standard InChI is InChI=1S/C15H21N3O/c1-10-4-3-5-12(8-10)18-13(9-17-15(18)16)14-7-6-11(2)19-14/h3-5,8,11,13-14H,6-7,9H2,1-2H3,(H2,16,17). The van der Waals surface area contributed by atoms with Gasteiger partial charge in [0.25, 0.3) is 0 Å². The van der Waals surface area contributed by atoms with E-state index in [-0.39, 0.29) is 12.1 Å². The SMILES string of the molecule is Cc1cccc(N2C(N)=NCC2C2CCC(C)O2)c1. The van der Waals surface area contributed by atoms with Gasteiger partial charge in [-0.1, -0.05) is 12.1 Å². The maximum Gasteiger partial charge on any atom is 0.196 e. The summed E-state index contributed by atoms with van der Waals surface area (Å²) < 4.78 is 6.00. The first-order valence-electron chi connectivity index (χ1n) is 6.96. The zero-order valence-corrected chi connectivity index (χ0v) is 11.5. The molecule has 2 aliphatic heterocycles. The second-order valence-corrected chi connectivity index (χ2v) is 5.54. The van der Waals surface area contributed by atoms with Crippen LogP contribution >= 0.6 is 0 Å². The smallest absolute Gasteiger partial charge is 0.196 e. The van der Waals surface area contributed by atoms with Gasteiger partial charge in [-0.15, -0.1) is 0 Å². The van der Waals surface area contributed by atoms with Gasteiger partial charge in [-0.05, 0) is 44.4 Å². The topological polar surface area (TPSA) is 50.8 Å². The molecule has 1 aromatic carbocycles. The fourth-order valence-corrected chi connectivity index (χ4v) is 3.02. The quantitative estimate of drug-likeness (QED) is 0.884. The molecule has 2 aliphatic rings. The third-order valence-electron chi connectivity index (χ3n) is 3.99. The van der Waals surface area contributed by atoms with Gasteiger partial charge in [0.05, 0.1) is 24.8 Å². The van der Waals surface area contributed by atoms with Gasteiger partial charge in [-0.3, -0.25) is 4.99 Å². The zero-order valence-electron chi connectivity index (χ0n) is 11.5. The highest BCUT2D eigenvalue weighted by atomic mass is 16.5. The molecule has 0 aromatic heterocycles. The number of ether oxygens (including phenoxy) is 1. The average Bonchev–Trinajstić information content (AvgIpc) is 2.95. The fourth-order valence-electron chi connectivity index (χ4n) is 3.02. The number of anilines is 1. The van der Waals surface area contributed by atoms with E-state index in [1.807, 2.05) is 0 Å². The van der Waals surface area contributed by atoms with Gasteiger partial charge in [0, 0.05) is 5.69 Å². The highest BCUT2D eigenvalue weighted by Crippen LogP contribution is 2.30. The maximum atomic E-state index is 6.07. The number of rotatable bonds is 2. The largest absolute Gasteiger partial charge is 0.373 e. The van der Waals surface area contributed by atoms with Crippen molar-refractivity contribution in [2.45, 2.75) is 44.9 Å². The molecule has 19 heavy (non-hydrogen) atoms. The Hall–Kier alpha value is -1.55. The first kappa shape index (κ1) is 12.5. The van der Waals surface area contributed by atoms with E-state index in [0.717, 1.165) is 25.1 Å². The molecule has 0 spiro atoms. The number of hydrogen-bond donors (Lipinski definition) is 1. The molecular formula is C15H21N3O. The van der Waals surface area contributed by atoms with Crippen molar-refractivity contribution < 1.29 is 4.74 Å². The van der Waals surface area contributed by atoms with Crippen molar-refractivity contribution in [3.8, 4) is 0 Å². The predicted octanol–water partition coefficient (Wildman–Crippen LogP) is 2.07. The molecule has 3 rings (SSSR count). The summed E-state index contributed by atoms with van der Waals surface area (Å²) >= 11 is 0. The van der Waals surface area contributed by atoms with Crippen molar-refractivity contribution in [3.05, 3.63) is 29.8 Å². The molecule has 102 valence electrons. The summed E-state index contributed by atoms with van der Waals surface area (Å²) in [4.78, 5) is 6.55. The van der Waals surface area contributed by atoms with Crippen LogP contribution in [0.3, 0.4) is 0 Å². The summed E-state index contributed by atoms with van der Waals surface area (Å²) in [5, 5.41) is 0. The number of aliphatic imine (C=N–C) groups is 1. The monoisotopic (exact) mass is 259 g/mol. The number of hydrogen-bond acceptors (Lipinski definition) is 4. The van der Waals surface area contributed by atoms with Gasteiger partial charge >= 0.3 is 0 Å². The van der Waals surface area contributed by atoms with E-state index in [1.54, 1.807) is 0 Å². The van der Waals surface area contributed by atoms with Crippen LogP contribution in [0.5, 0.6) is 0 Å². The lowest BCUT2D eigenvalue weighted by molar-refractivity contribution is 0.0440. The third kappa shape index (κ3) is 2.32. The van der Waals surface area contributed by atoms with Crippen molar-refractivity contribution in [1.29, 1.82) is 0 Å². The second kappa shape index (κ2) is 4.85. The van der Waals surface area contributed by atoms with E-state index in [9.17, 15) is 0 Å². The van der Waals surface area contributed by atoms with Crippen LogP contribution in [-0.4, -0.2) is 30.8 Å². The fraction of sp³-hybridized carbons (Fsp3) is 0.533. The van der Waals surface area contributed by atoms with E-state index in [4.69, 9.17) is 10.5 Å². The zero-order chi connectivity index (χ0) is 13.4. The van der Waals surface area contributed by atoms with Crippen LogP contribution in [0, 0.1) is 6.92 Å². The minimum absolute atomic E-state index is 0.236. The summed E-state index contributed by atoms with van der Waals surface area (Å²) in [6, 6.07) is 8.64. The molecule has 2 heterocycles. The number of aryl methyl sites for hydroxylation is 1. The molecule has 4 heteroatoms. The van der Waals surface area contributed by atoms with E-state index in [1.165, 1.54) is 5.56 Å². The van der Waals surface area contributed by atoms with Crippen LogP contribution in [0.25, 0.3) is 0 Å². The Morgan fingerprint density at radius 1 is 1.37 bits per heavy atom. The molecule has 1 fully saturated rings. The lowest BCUT2D eigenvalue weighted by Crippen LogP contribution is -2.47. The van der Waals surface area contributed by atoms with Crippen molar-refractivity contribution in [2.75, 3.05) is 11.4 Å². The normalized spacial score (nSPS) is 30.7. The van der Waals surface area contributed by atoms with Crippen LogP contribution < -0.4 is 10.6 Å². The van der Waals surface area contributed by atoms with Crippen molar-refractivity contribution in [1.82, 2.24) is 0 Å². The molecule has 0 amide bonds. The van der Waals surface area contributed by atoms with E-state index >= 15 is 0 Å². The second-order valence-electron chi connectivity index (χ2n) is 5.54. The van der Waals surface area contributed by atoms with Gasteiger partial charge < -0.3 is 15.4 Å². The predicted molar refractivity (Wildman–Crippen MR) is 77.5 cm³/mol. The first-order chi connectivity index (χ1) is 9.15. The van der Waals surface area contributed by atoms with E-state index < -0.39 is 0 Å². The highest BCUT2D eigenvalue weighted by molar-refractivity contribution is 5.97. The van der Waals surface area contributed by atoms with Crippen LogP contribution in [0.1, 0.15) is 25.3 Å². The minimum atomic E-state index is 0.236. The highest BCUT2D eigenvalue weighted by Gasteiger charge is 2.38. The Morgan fingerprint density at radius 2 is 2.21 bits per heavy atom. The van der Waals surface area contributed by atoms with Gasteiger partial charge in [0.2, 0.25) is 0 Å². The summed E-state index contributed by atoms with van der Waals surface area (Å²) in [7, 11) is 0. The van der Waals surface area contributed by atoms with Gasteiger partial charge in [0.15, 0.2) is 5.96 Å². The number of nitrogens with zero attached hydrogens (tertiary/aromatic N) is 2. The lowest BCUT2D eigenvalue weighted by atomic mass is 10.1. The number of nitrogens with two attached hydrogens (primary N) is 1. The summed E-state index contributed by atoms with van der Waals surface area (Å²) in [5.74, 6) is 0.610. The van der Waals surface area contributed by atoms with Gasteiger partial charge in [0.1, 0.15) is 0 Å². The molecular weight excluding hydrogens is 238 g/mol. The summed E-state index contributed by atoms with van der Waals surface area (Å²) in [5.41, 5.74) is 8.42. The Labute approximate surface area is 114 Å². The Morgan fingerprint density at radius 3 is 2.89 bits per heavy atom. The van der Waals surface area contributed by atoms with Crippen LogP contribution in [0.15, 0.2) is 29.3 Å². The van der Waals surface area contributed by atoms with Crippen LogP contribution in [-0.2, 0) is 4.74 Å². The van der Waals surface area contributed by atoms with E-state index in [2.05, 4.69) is 48.0 Å². The molecule has 0 saturated carbocycles. The van der Waals surface area contributed by atoms with Crippen molar-refractivity contribution in [2.24, 2.45) is 10.7 Å². The first-order valence-corrected chi connectivity index (χ1v) is 6.96. The molecule has 0 radical (unpaired) electrons. The molecule has 0 bridgehead atoms. The number of benzene rings is 1. The average molecular weight is 259 g/mol. The van der Waals surface area contributed by atoms with E-state index in [0.29, 0.717) is 12.1 Å². The molecule has 3 unspecified atom stereocenters. The Balaban J connectivity index is 1.86. The molecule has 3 atom stereocenters. The minimum Gasteiger partial charge on any atom is -0.373 e. The lowest BCUT2D eigenvalue weighted by Gasteiger charge is -2.30. The van der Waals surface area contributed by atoms with Crippen molar-refractivity contribution >= 4 is 11.6 Å². The number of guanidine groups is 1. The summed E-state index contributed by atoms with van der Waals surface area (Å²) in [6.07, 6.45) is 2.81. The molecule has 2 N–H and O–H groups in total.